The first-order valence-corrected chi connectivity index (χ1v) is 6.19. The minimum atomic E-state index is -1.000. The van der Waals surface area contributed by atoms with Crippen LogP contribution < -0.4 is 0 Å². The number of aromatic nitrogens is 1. The van der Waals surface area contributed by atoms with Crippen molar-refractivity contribution in [2.45, 2.75) is 6.92 Å². The number of hydrogen-bond donors (Lipinski definition) is 1. The van der Waals surface area contributed by atoms with Crippen molar-refractivity contribution in [3.8, 4) is 11.3 Å². The summed E-state index contributed by atoms with van der Waals surface area (Å²) in [7, 11) is 0. The van der Waals surface area contributed by atoms with E-state index in [0.29, 0.717) is 16.9 Å². The zero-order valence-corrected chi connectivity index (χ0v) is 11.6. The highest BCUT2D eigenvalue weighted by atomic mass is 79.9. The SMILES string of the molecule is [C-]#[N+]c1cc(-c2cc(C(=O)O)ccn2)cc(Br)c1C. The van der Waals surface area contributed by atoms with E-state index in [4.69, 9.17) is 11.7 Å². The number of benzene rings is 1. The van der Waals surface area contributed by atoms with Gasteiger partial charge < -0.3 is 5.11 Å². The van der Waals surface area contributed by atoms with Gasteiger partial charge in [-0.2, -0.15) is 0 Å². The van der Waals surface area contributed by atoms with Gasteiger partial charge >= 0.3 is 5.97 Å². The van der Waals surface area contributed by atoms with Gasteiger partial charge in [-0.15, -0.1) is 0 Å². The van der Waals surface area contributed by atoms with Crippen molar-refractivity contribution in [1.82, 2.24) is 4.98 Å². The summed E-state index contributed by atoms with van der Waals surface area (Å²) in [6.07, 6.45) is 1.45. The molecular formula is C14H9BrN2O2. The second kappa shape index (κ2) is 5.21. The molecule has 1 N–H and O–H groups in total. The number of carbonyl (C=O) groups is 1. The van der Waals surface area contributed by atoms with Crippen molar-refractivity contribution in [2.75, 3.05) is 0 Å². The molecule has 1 heterocycles. The van der Waals surface area contributed by atoms with Gasteiger partial charge in [0.05, 0.1) is 17.8 Å². The molecule has 2 aromatic rings. The number of nitrogens with zero attached hydrogens (tertiary/aromatic N) is 2. The Morgan fingerprint density at radius 1 is 1.42 bits per heavy atom. The number of carboxylic acid groups (broad SMARTS) is 1. The molecule has 1 aromatic carbocycles. The number of carboxylic acids is 1. The molecule has 0 aliphatic rings. The van der Waals surface area contributed by atoms with Crippen LogP contribution in [0.25, 0.3) is 16.1 Å². The largest absolute Gasteiger partial charge is 0.478 e. The lowest BCUT2D eigenvalue weighted by Gasteiger charge is -2.07. The molecule has 0 fully saturated rings. The lowest BCUT2D eigenvalue weighted by atomic mass is 10.1. The predicted molar refractivity (Wildman–Crippen MR) is 75.3 cm³/mol. The number of halogens is 1. The first-order chi connectivity index (χ1) is 9.02. The summed E-state index contributed by atoms with van der Waals surface area (Å²) in [5.74, 6) is -1.000. The van der Waals surface area contributed by atoms with Crippen LogP contribution in [0.15, 0.2) is 34.9 Å². The summed E-state index contributed by atoms with van der Waals surface area (Å²) >= 11 is 3.40. The Morgan fingerprint density at radius 3 is 2.79 bits per heavy atom. The Hall–Kier alpha value is -2.19. The summed E-state index contributed by atoms with van der Waals surface area (Å²) in [5, 5.41) is 8.97. The Bertz CT molecular complexity index is 705. The Kier molecular flexibility index (Phi) is 3.63. The molecule has 0 saturated carbocycles. The van der Waals surface area contributed by atoms with Crippen LogP contribution in [0.2, 0.25) is 0 Å². The molecule has 94 valence electrons. The fourth-order valence-corrected chi connectivity index (χ4v) is 2.10. The maximum atomic E-state index is 10.9. The molecule has 0 saturated heterocycles. The van der Waals surface area contributed by atoms with Crippen LogP contribution in [0, 0.1) is 13.5 Å². The van der Waals surface area contributed by atoms with E-state index >= 15 is 0 Å². The molecule has 1 aromatic heterocycles. The van der Waals surface area contributed by atoms with Gasteiger partial charge in [0.25, 0.3) is 0 Å². The van der Waals surface area contributed by atoms with E-state index in [2.05, 4.69) is 25.8 Å². The van der Waals surface area contributed by atoms with Gasteiger partial charge in [0.15, 0.2) is 5.69 Å². The maximum absolute atomic E-state index is 10.9. The number of hydrogen-bond acceptors (Lipinski definition) is 2. The topological polar surface area (TPSA) is 54.5 Å². The summed E-state index contributed by atoms with van der Waals surface area (Å²) < 4.78 is 0.804. The summed E-state index contributed by atoms with van der Waals surface area (Å²) in [6.45, 7) is 8.99. The molecule has 0 unspecified atom stereocenters. The number of rotatable bonds is 2. The molecule has 0 atom stereocenters. The molecule has 19 heavy (non-hydrogen) atoms. The average Bonchev–Trinajstić information content (AvgIpc) is 2.41. The van der Waals surface area contributed by atoms with E-state index < -0.39 is 5.97 Å². The highest BCUT2D eigenvalue weighted by Crippen LogP contribution is 2.32. The van der Waals surface area contributed by atoms with Gasteiger partial charge in [0.1, 0.15) is 0 Å². The van der Waals surface area contributed by atoms with Gasteiger partial charge in [0, 0.05) is 10.7 Å². The standard InChI is InChI=1S/C14H9BrN2O2/c1-8-11(15)5-10(7-12(8)16-2)13-6-9(14(18)19)3-4-17-13/h3-7H,1H3,(H,18,19). The van der Waals surface area contributed by atoms with Crippen molar-refractivity contribution in [2.24, 2.45) is 0 Å². The van der Waals surface area contributed by atoms with Crippen molar-refractivity contribution in [1.29, 1.82) is 0 Å². The summed E-state index contributed by atoms with van der Waals surface area (Å²) in [5.41, 5.74) is 2.79. The first kappa shape index (κ1) is 13.2. The smallest absolute Gasteiger partial charge is 0.335 e. The molecule has 0 spiro atoms. The van der Waals surface area contributed by atoms with Crippen LogP contribution in [0.5, 0.6) is 0 Å². The minimum absolute atomic E-state index is 0.172. The molecular weight excluding hydrogens is 308 g/mol. The van der Waals surface area contributed by atoms with Gasteiger partial charge in [-0.25, -0.2) is 9.64 Å². The highest BCUT2D eigenvalue weighted by Gasteiger charge is 2.10. The minimum Gasteiger partial charge on any atom is -0.478 e. The Balaban J connectivity index is 2.60. The van der Waals surface area contributed by atoms with E-state index in [-0.39, 0.29) is 5.56 Å². The second-order valence-corrected chi connectivity index (χ2v) is 4.80. The molecule has 4 nitrogen and oxygen atoms in total. The van der Waals surface area contributed by atoms with E-state index in [9.17, 15) is 4.79 Å². The molecule has 0 aliphatic heterocycles. The Labute approximate surface area is 118 Å². The van der Waals surface area contributed by atoms with Crippen LogP contribution in [0.1, 0.15) is 15.9 Å². The molecule has 0 bridgehead atoms. The van der Waals surface area contributed by atoms with Crippen molar-refractivity contribution >= 4 is 27.6 Å². The van der Waals surface area contributed by atoms with Crippen molar-refractivity contribution < 1.29 is 9.90 Å². The highest BCUT2D eigenvalue weighted by molar-refractivity contribution is 9.10. The third-order valence-corrected chi connectivity index (χ3v) is 3.56. The van der Waals surface area contributed by atoms with Crippen molar-refractivity contribution in [3.05, 3.63) is 57.5 Å². The van der Waals surface area contributed by atoms with Gasteiger partial charge in [0.2, 0.25) is 0 Å². The lowest BCUT2D eigenvalue weighted by molar-refractivity contribution is 0.0697. The third kappa shape index (κ3) is 2.64. The van der Waals surface area contributed by atoms with Crippen LogP contribution >= 0.6 is 15.9 Å². The number of aromatic carboxylic acids is 1. The van der Waals surface area contributed by atoms with Crippen LogP contribution in [0.3, 0.4) is 0 Å². The van der Waals surface area contributed by atoms with Crippen LogP contribution in [-0.2, 0) is 0 Å². The second-order valence-electron chi connectivity index (χ2n) is 3.95. The van der Waals surface area contributed by atoms with E-state index in [1.165, 1.54) is 18.3 Å². The fourth-order valence-electron chi connectivity index (χ4n) is 1.65. The summed E-state index contributed by atoms with van der Waals surface area (Å²) in [4.78, 5) is 18.5. The van der Waals surface area contributed by atoms with E-state index in [1.807, 2.05) is 13.0 Å². The maximum Gasteiger partial charge on any atom is 0.335 e. The van der Waals surface area contributed by atoms with Gasteiger partial charge in [-0.1, -0.05) is 15.9 Å². The zero-order chi connectivity index (χ0) is 14.0. The van der Waals surface area contributed by atoms with Crippen LogP contribution in [0.4, 0.5) is 5.69 Å². The normalized spacial score (nSPS) is 9.95. The average molecular weight is 317 g/mol. The van der Waals surface area contributed by atoms with Gasteiger partial charge in [-0.3, -0.25) is 4.98 Å². The molecule has 0 amide bonds. The predicted octanol–water partition coefficient (Wildman–Crippen LogP) is 4.07. The number of pyridine rings is 1. The first-order valence-electron chi connectivity index (χ1n) is 5.40. The van der Waals surface area contributed by atoms with E-state index in [0.717, 1.165) is 10.0 Å². The van der Waals surface area contributed by atoms with Crippen LogP contribution in [-0.4, -0.2) is 16.1 Å². The molecule has 0 aliphatic carbocycles. The molecule has 5 heteroatoms. The molecule has 2 rings (SSSR count). The fraction of sp³-hybridized carbons (Fsp3) is 0.0714. The monoisotopic (exact) mass is 316 g/mol. The zero-order valence-electron chi connectivity index (χ0n) is 10.0. The van der Waals surface area contributed by atoms with Gasteiger partial charge in [-0.05, 0) is 42.3 Å². The third-order valence-electron chi connectivity index (χ3n) is 2.74. The summed E-state index contributed by atoms with van der Waals surface area (Å²) in [6, 6.07) is 6.47. The lowest BCUT2D eigenvalue weighted by Crippen LogP contribution is -1.97. The molecule has 0 radical (unpaired) electrons. The van der Waals surface area contributed by atoms with E-state index in [1.54, 1.807) is 6.07 Å². The van der Waals surface area contributed by atoms with Crippen molar-refractivity contribution in [3.63, 3.8) is 0 Å². The Morgan fingerprint density at radius 2 is 2.16 bits per heavy atom. The quantitative estimate of drug-likeness (QED) is 0.850.